The Bertz CT molecular complexity index is 861. The van der Waals surface area contributed by atoms with Gasteiger partial charge in [-0.25, -0.2) is 0 Å². The Kier molecular flexibility index (Phi) is 8.60. The minimum Gasteiger partial charge on any atom is -0.376 e. The van der Waals surface area contributed by atoms with Crippen LogP contribution in [0.3, 0.4) is 0 Å². The Labute approximate surface area is 185 Å². The number of allylic oxidation sites excluding steroid dienone is 2. The van der Waals surface area contributed by atoms with Crippen molar-refractivity contribution in [2.75, 3.05) is 6.61 Å². The SMILES string of the molecule is CC(C)/C=C/C[C@@H](COCc1ccccc1)C(=O)N1C(=O)CC[C@H]1Cc1ccccc1. The molecule has 4 nitrogen and oxygen atoms in total. The van der Waals surface area contributed by atoms with Crippen LogP contribution in [0.25, 0.3) is 0 Å². The topological polar surface area (TPSA) is 46.6 Å². The molecular formula is C27H33NO3. The van der Waals surface area contributed by atoms with E-state index in [0.29, 0.717) is 38.4 Å². The first-order valence-corrected chi connectivity index (χ1v) is 11.2. The lowest BCUT2D eigenvalue weighted by Gasteiger charge is -2.27. The molecule has 0 N–H and O–H groups in total. The Morgan fingerprint density at radius 1 is 1.06 bits per heavy atom. The largest absolute Gasteiger partial charge is 0.376 e. The molecular weight excluding hydrogens is 386 g/mol. The highest BCUT2D eigenvalue weighted by atomic mass is 16.5. The van der Waals surface area contributed by atoms with E-state index in [9.17, 15) is 9.59 Å². The van der Waals surface area contributed by atoms with Crippen molar-refractivity contribution in [3.63, 3.8) is 0 Å². The van der Waals surface area contributed by atoms with Crippen molar-refractivity contribution in [1.29, 1.82) is 0 Å². The summed E-state index contributed by atoms with van der Waals surface area (Å²) >= 11 is 0. The van der Waals surface area contributed by atoms with Crippen molar-refractivity contribution in [2.45, 2.75) is 52.2 Å². The molecule has 1 aliphatic rings. The number of rotatable bonds is 10. The first-order chi connectivity index (χ1) is 15.0. The Balaban J connectivity index is 1.69. The summed E-state index contributed by atoms with van der Waals surface area (Å²) in [5.41, 5.74) is 2.22. The normalized spacial score (nSPS) is 17.6. The van der Waals surface area contributed by atoms with Crippen LogP contribution < -0.4 is 0 Å². The summed E-state index contributed by atoms with van der Waals surface area (Å²) in [6, 6.07) is 19.9. The minimum absolute atomic E-state index is 0.0631. The molecule has 3 rings (SSSR count). The number of ether oxygens (including phenoxy) is 1. The molecule has 0 saturated carbocycles. The van der Waals surface area contributed by atoms with Gasteiger partial charge in [0.15, 0.2) is 0 Å². The van der Waals surface area contributed by atoms with Gasteiger partial charge < -0.3 is 4.74 Å². The average Bonchev–Trinajstić information content (AvgIpc) is 3.13. The lowest BCUT2D eigenvalue weighted by atomic mass is 10.00. The van der Waals surface area contributed by atoms with Crippen molar-refractivity contribution >= 4 is 11.8 Å². The molecule has 1 fully saturated rings. The predicted molar refractivity (Wildman–Crippen MR) is 123 cm³/mol. The number of benzene rings is 2. The van der Waals surface area contributed by atoms with E-state index in [2.05, 4.69) is 32.1 Å². The molecule has 4 heteroatoms. The third-order valence-electron chi connectivity index (χ3n) is 5.60. The summed E-state index contributed by atoms with van der Waals surface area (Å²) in [6.07, 6.45) is 6.59. The van der Waals surface area contributed by atoms with Gasteiger partial charge >= 0.3 is 0 Å². The number of imide groups is 1. The maximum Gasteiger partial charge on any atom is 0.235 e. The lowest BCUT2D eigenvalue weighted by Crippen LogP contribution is -2.44. The lowest BCUT2D eigenvalue weighted by molar-refractivity contribution is -0.148. The number of likely N-dealkylation sites (tertiary alicyclic amines) is 1. The molecule has 1 heterocycles. The van der Waals surface area contributed by atoms with Crippen LogP contribution in [-0.4, -0.2) is 29.4 Å². The molecule has 2 aromatic carbocycles. The summed E-state index contributed by atoms with van der Waals surface area (Å²) in [7, 11) is 0. The Hall–Kier alpha value is -2.72. The van der Waals surface area contributed by atoms with E-state index in [-0.39, 0.29) is 23.8 Å². The van der Waals surface area contributed by atoms with Crippen LogP contribution in [-0.2, 0) is 27.4 Å². The second-order valence-electron chi connectivity index (χ2n) is 8.59. The molecule has 1 aliphatic heterocycles. The monoisotopic (exact) mass is 419 g/mol. The molecule has 0 aliphatic carbocycles. The van der Waals surface area contributed by atoms with E-state index in [4.69, 9.17) is 4.74 Å². The van der Waals surface area contributed by atoms with Crippen LogP contribution in [0, 0.1) is 11.8 Å². The third-order valence-corrected chi connectivity index (χ3v) is 5.60. The van der Waals surface area contributed by atoms with Gasteiger partial charge in [0.05, 0.1) is 19.1 Å². The highest BCUT2D eigenvalue weighted by molar-refractivity contribution is 5.98. The van der Waals surface area contributed by atoms with Crippen molar-refractivity contribution in [3.8, 4) is 0 Å². The number of nitrogens with zero attached hydrogens (tertiary/aromatic N) is 1. The van der Waals surface area contributed by atoms with Gasteiger partial charge in [-0.05, 0) is 36.3 Å². The minimum atomic E-state index is -0.362. The molecule has 0 radical (unpaired) electrons. The predicted octanol–water partition coefficient (Wildman–Crippen LogP) is 5.18. The van der Waals surface area contributed by atoms with Crippen LogP contribution in [0.5, 0.6) is 0 Å². The van der Waals surface area contributed by atoms with Gasteiger partial charge in [-0.15, -0.1) is 0 Å². The van der Waals surface area contributed by atoms with Gasteiger partial charge in [-0.3, -0.25) is 14.5 Å². The highest BCUT2D eigenvalue weighted by Crippen LogP contribution is 2.26. The van der Waals surface area contributed by atoms with Crippen molar-refractivity contribution in [1.82, 2.24) is 4.90 Å². The van der Waals surface area contributed by atoms with Crippen molar-refractivity contribution in [3.05, 3.63) is 83.9 Å². The standard InChI is InChI=1S/C27H33NO3/c1-21(2)10-9-15-24(20-31-19-23-13-7-4-8-14-23)27(30)28-25(16-17-26(28)29)18-22-11-5-3-6-12-22/h3-14,21,24-25H,15-20H2,1-2H3/b10-9+/t24-,25-/m0/s1. The van der Waals surface area contributed by atoms with Gasteiger partial charge in [0.2, 0.25) is 11.8 Å². The summed E-state index contributed by atoms with van der Waals surface area (Å²) in [6.45, 7) is 4.98. The summed E-state index contributed by atoms with van der Waals surface area (Å²) in [5.74, 6) is -0.115. The Morgan fingerprint density at radius 3 is 2.35 bits per heavy atom. The first-order valence-electron chi connectivity index (χ1n) is 11.2. The fraction of sp³-hybridized carbons (Fsp3) is 0.407. The second kappa shape index (κ2) is 11.6. The molecule has 2 atom stereocenters. The molecule has 0 unspecified atom stereocenters. The average molecular weight is 420 g/mol. The Morgan fingerprint density at radius 2 is 1.71 bits per heavy atom. The van der Waals surface area contributed by atoms with E-state index < -0.39 is 0 Å². The molecule has 2 aromatic rings. The van der Waals surface area contributed by atoms with Gasteiger partial charge in [0, 0.05) is 12.5 Å². The zero-order valence-corrected chi connectivity index (χ0v) is 18.6. The van der Waals surface area contributed by atoms with E-state index in [1.807, 2.05) is 54.6 Å². The fourth-order valence-corrected chi connectivity index (χ4v) is 3.97. The summed E-state index contributed by atoms with van der Waals surface area (Å²) < 4.78 is 5.92. The van der Waals surface area contributed by atoms with Crippen LogP contribution in [0.15, 0.2) is 72.8 Å². The quantitative estimate of drug-likeness (QED) is 0.499. The zero-order valence-electron chi connectivity index (χ0n) is 18.6. The van der Waals surface area contributed by atoms with Crippen molar-refractivity contribution < 1.29 is 14.3 Å². The number of carbonyl (C=O) groups is 2. The third kappa shape index (κ3) is 6.90. The molecule has 1 saturated heterocycles. The van der Waals surface area contributed by atoms with E-state index in [1.165, 1.54) is 4.90 Å². The van der Waals surface area contributed by atoms with E-state index in [1.54, 1.807) is 0 Å². The van der Waals surface area contributed by atoms with Crippen LogP contribution in [0.2, 0.25) is 0 Å². The van der Waals surface area contributed by atoms with Crippen LogP contribution >= 0.6 is 0 Å². The fourth-order valence-electron chi connectivity index (χ4n) is 3.97. The number of amides is 2. The first kappa shape index (κ1) is 23.0. The number of hydrogen-bond donors (Lipinski definition) is 0. The van der Waals surface area contributed by atoms with E-state index >= 15 is 0 Å². The number of carbonyl (C=O) groups excluding carboxylic acids is 2. The van der Waals surface area contributed by atoms with Gasteiger partial charge in [-0.1, -0.05) is 86.7 Å². The molecule has 164 valence electrons. The number of hydrogen-bond acceptors (Lipinski definition) is 3. The summed E-state index contributed by atoms with van der Waals surface area (Å²) in [4.78, 5) is 27.6. The zero-order chi connectivity index (χ0) is 22.1. The highest BCUT2D eigenvalue weighted by Gasteiger charge is 2.38. The summed E-state index contributed by atoms with van der Waals surface area (Å²) in [5, 5.41) is 0. The molecule has 0 bridgehead atoms. The maximum atomic E-state index is 13.5. The molecule has 0 aromatic heterocycles. The smallest absolute Gasteiger partial charge is 0.235 e. The maximum absolute atomic E-state index is 13.5. The van der Waals surface area contributed by atoms with Gasteiger partial charge in [0.1, 0.15) is 0 Å². The molecule has 2 amide bonds. The van der Waals surface area contributed by atoms with Gasteiger partial charge in [-0.2, -0.15) is 0 Å². The van der Waals surface area contributed by atoms with Gasteiger partial charge in [0.25, 0.3) is 0 Å². The van der Waals surface area contributed by atoms with Crippen LogP contribution in [0.4, 0.5) is 0 Å². The second-order valence-corrected chi connectivity index (χ2v) is 8.59. The molecule has 0 spiro atoms. The van der Waals surface area contributed by atoms with Crippen molar-refractivity contribution in [2.24, 2.45) is 11.8 Å². The molecule has 31 heavy (non-hydrogen) atoms. The van der Waals surface area contributed by atoms with E-state index in [0.717, 1.165) is 17.5 Å². The van der Waals surface area contributed by atoms with Crippen LogP contribution in [0.1, 0.15) is 44.2 Å².